The number of amides is 1. The first-order chi connectivity index (χ1) is 14.6. The molecule has 0 spiro atoms. The Morgan fingerprint density at radius 1 is 1.10 bits per heavy atom. The van der Waals surface area contributed by atoms with Crippen molar-refractivity contribution in [3.63, 3.8) is 0 Å². The molecule has 2 aromatic carbocycles. The summed E-state index contributed by atoms with van der Waals surface area (Å²) in [6, 6.07) is 12.9. The van der Waals surface area contributed by atoms with Gasteiger partial charge in [-0.3, -0.25) is 9.69 Å². The van der Waals surface area contributed by atoms with Crippen LogP contribution in [-0.2, 0) is 17.9 Å². The van der Waals surface area contributed by atoms with Crippen LogP contribution < -0.4 is 4.74 Å². The number of nitrogens with zero attached hydrogens (tertiary/aromatic N) is 2. The van der Waals surface area contributed by atoms with Crippen LogP contribution in [0.4, 0.5) is 13.2 Å². The van der Waals surface area contributed by atoms with Crippen molar-refractivity contribution in [2.24, 2.45) is 5.92 Å². The Morgan fingerprint density at radius 3 is 2.29 bits per heavy atom. The highest BCUT2D eigenvalue weighted by molar-refractivity contribution is 6.34. The number of hydrogen-bond donors (Lipinski definition) is 0. The van der Waals surface area contributed by atoms with Gasteiger partial charge in [0, 0.05) is 43.3 Å². The molecule has 4 nitrogen and oxygen atoms in total. The fourth-order valence-corrected chi connectivity index (χ4v) is 3.95. The lowest BCUT2D eigenvalue weighted by molar-refractivity contribution is -0.149. The van der Waals surface area contributed by atoms with Crippen molar-refractivity contribution in [1.82, 2.24) is 9.80 Å². The third kappa shape index (κ3) is 7.30. The summed E-state index contributed by atoms with van der Waals surface area (Å²) in [5.74, 6) is 0.235. The summed E-state index contributed by atoms with van der Waals surface area (Å²) in [4.78, 5) is 15.5. The predicted molar refractivity (Wildman–Crippen MR) is 114 cm³/mol. The van der Waals surface area contributed by atoms with Crippen LogP contribution in [0.15, 0.2) is 42.5 Å². The van der Waals surface area contributed by atoms with Gasteiger partial charge in [0.05, 0.1) is 12.3 Å². The summed E-state index contributed by atoms with van der Waals surface area (Å²) in [5, 5.41) is 1.11. The van der Waals surface area contributed by atoms with Crippen LogP contribution in [0.25, 0.3) is 0 Å². The molecule has 0 unspecified atom stereocenters. The highest BCUT2D eigenvalue weighted by atomic mass is 35.5. The van der Waals surface area contributed by atoms with Crippen LogP contribution in [0.5, 0.6) is 5.75 Å². The molecular formula is C22H23Cl2F3N2O2. The Morgan fingerprint density at radius 2 is 1.71 bits per heavy atom. The van der Waals surface area contributed by atoms with Crippen LogP contribution >= 0.6 is 23.2 Å². The highest BCUT2D eigenvalue weighted by Crippen LogP contribution is 2.24. The van der Waals surface area contributed by atoms with Gasteiger partial charge in [0.25, 0.3) is 0 Å². The summed E-state index contributed by atoms with van der Waals surface area (Å²) in [5.41, 5.74) is 1.94. The molecule has 1 fully saturated rings. The summed E-state index contributed by atoms with van der Waals surface area (Å²) in [6.07, 6.45) is -5.23. The number of carbonyl (C=O) groups is 1. The molecule has 1 aliphatic heterocycles. The van der Waals surface area contributed by atoms with Gasteiger partial charge in [-0.15, -0.1) is 0 Å². The molecule has 0 saturated carbocycles. The van der Waals surface area contributed by atoms with E-state index in [1.807, 2.05) is 24.3 Å². The fourth-order valence-electron chi connectivity index (χ4n) is 3.38. The largest absolute Gasteiger partial charge is 0.489 e. The number of benzene rings is 2. The summed E-state index contributed by atoms with van der Waals surface area (Å²) in [6.45, 7) is 1.80. The van der Waals surface area contributed by atoms with Gasteiger partial charge in [-0.1, -0.05) is 35.3 Å². The van der Waals surface area contributed by atoms with Gasteiger partial charge in [0.1, 0.15) is 12.4 Å². The van der Waals surface area contributed by atoms with Crippen LogP contribution in [0.2, 0.25) is 10.0 Å². The Hall–Kier alpha value is -1.96. The molecule has 9 heteroatoms. The van der Waals surface area contributed by atoms with Crippen LogP contribution in [0.1, 0.15) is 17.5 Å². The Kier molecular flexibility index (Phi) is 7.73. The van der Waals surface area contributed by atoms with Gasteiger partial charge in [0.2, 0.25) is 5.91 Å². The lowest BCUT2D eigenvalue weighted by Crippen LogP contribution is -2.53. The van der Waals surface area contributed by atoms with Crippen molar-refractivity contribution in [3.05, 3.63) is 63.6 Å². The van der Waals surface area contributed by atoms with Crippen molar-refractivity contribution < 1.29 is 22.7 Å². The molecule has 0 atom stereocenters. The molecule has 1 heterocycles. The number of rotatable bonds is 8. The number of halogens is 5. The minimum absolute atomic E-state index is 0.231. The van der Waals surface area contributed by atoms with E-state index in [-0.39, 0.29) is 18.4 Å². The van der Waals surface area contributed by atoms with E-state index < -0.39 is 12.6 Å². The molecule has 0 N–H and O–H groups in total. The van der Waals surface area contributed by atoms with Crippen molar-refractivity contribution in [3.8, 4) is 5.75 Å². The number of alkyl halides is 3. The smallest absolute Gasteiger partial charge is 0.390 e. The summed E-state index contributed by atoms with van der Waals surface area (Å²) >= 11 is 12.0. The Labute approximate surface area is 189 Å². The maximum Gasteiger partial charge on any atom is 0.390 e. The van der Waals surface area contributed by atoms with Crippen LogP contribution in [0.3, 0.4) is 0 Å². The standard InChI is InChI=1S/C22H23Cl2F3N2O2/c1-28(7-6-22(25,26)27)21(30)17-12-29(13-17)11-15-2-4-20(5-3-15)31-14-16-8-18(23)10-19(24)9-16/h2-5,8-10,17H,6-7,11-14H2,1H3. The summed E-state index contributed by atoms with van der Waals surface area (Å²) in [7, 11) is 1.42. The maximum absolute atomic E-state index is 12.3. The number of likely N-dealkylation sites (tertiary alicyclic amines) is 1. The lowest BCUT2D eigenvalue weighted by atomic mass is 9.97. The monoisotopic (exact) mass is 474 g/mol. The van der Waals surface area contributed by atoms with Gasteiger partial charge >= 0.3 is 6.18 Å². The predicted octanol–water partition coefficient (Wildman–Crippen LogP) is 5.42. The number of hydrogen-bond acceptors (Lipinski definition) is 3. The van der Waals surface area contributed by atoms with Crippen LogP contribution in [0, 0.1) is 5.92 Å². The molecule has 168 valence electrons. The molecule has 1 aliphatic rings. The fraction of sp³-hybridized carbons (Fsp3) is 0.409. The summed E-state index contributed by atoms with van der Waals surface area (Å²) < 4.78 is 42.7. The van der Waals surface area contributed by atoms with Gasteiger partial charge in [-0.25, -0.2) is 0 Å². The van der Waals surface area contributed by atoms with Gasteiger partial charge in [-0.05, 0) is 41.5 Å². The molecular weight excluding hydrogens is 452 g/mol. The van der Waals surface area contributed by atoms with Crippen molar-refractivity contribution in [2.75, 3.05) is 26.7 Å². The topological polar surface area (TPSA) is 32.8 Å². The first-order valence-electron chi connectivity index (χ1n) is 9.80. The Bertz CT molecular complexity index is 880. The zero-order valence-electron chi connectivity index (χ0n) is 17.0. The number of ether oxygens (including phenoxy) is 1. The molecule has 0 aliphatic carbocycles. The average molecular weight is 475 g/mol. The quantitative estimate of drug-likeness (QED) is 0.512. The van der Waals surface area contributed by atoms with Crippen LogP contribution in [-0.4, -0.2) is 48.6 Å². The molecule has 0 aromatic heterocycles. The van der Waals surface area contributed by atoms with E-state index in [4.69, 9.17) is 27.9 Å². The van der Waals surface area contributed by atoms with E-state index in [1.165, 1.54) is 11.9 Å². The average Bonchev–Trinajstić information content (AvgIpc) is 2.66. The van der Waals surface area contributed by atoms with E-state index in [1.54, 1.807) is 18.2 Å². The minimum Gasteiger partial charge on any atom is -0.489 e. The highest BCUT2D eigenvalue weighted by Gasteiger charge is 2.35. The van der Waals surface area contributed by atoms with E-state index in [0.717, 1.165) is 11.1 Å². The molecule has 3 rings (SSSR count). The number of carbonyl (C=O) groups excluding carboxylic acids is 1. The van der Waals surface area contributed by atoms with Crippen molar-refractivity contribution >= 4 is 29.1 Å². The van der Waals surface area contributed by atoms with Gasteiger partial charge in [0.15, 0.2) is 0 Å². The zero-order chi connectivity index (χ0) is 22.6. The van der Waals surface area contributed by atoms with Crippen molar-refractivity contribution in [1.29, 1.82) is 0 Å². The normalized spacial score (nSPS) is 14.9. The van der Waals surface area contributed by atoms with E-state index >= 15 is 0 Å². The van der Waals surface area contributed by atoms with Crippen molar-refractivity contribution in [2.45, 2.75) is 25.7 Å². The third-order valence-electron chi connectivity index (χ3n) is 5.07. The minimum atomic E-state index is -4.25. The molecule has 2 aromatic rings. The van der Waals surface area contributed by atoms with Gasteiger partial charge in [-0.2, -0.15) is 13.2 Å². The van der Waals surface area contributed by atoms with E-state index in [2.05, 4.69) is 4.90 Å². The van der Waals surface area contributed by atoms with E-state index in [9.17, 15) is 18.0 Å². The molecule has 1 amide bonds. The maximum atomic E-state index is 12.3. The molecule has 31 heavy (non-hydrogen) atoms. The first-order valence-corrected chi connectivity index (χ1v) is 10.6. The zero-order valence-corrected chi connectivity index (χ0v) is 18.5. The Balaban J connectivity index is 1.41. The molecule has 1 saturated heterocycles. The molecule has 0 radical (unpaired) electrons. The second-order valence-corrected chi connectivity index (χ2v) is 8.60. The van der Waals surface area contributed by atoms with E-state index in [0.29, 0.717) is 42.0 Å². The first kappa shape index (κ1) is 23.7. The molecule has 0 bridgehead atoms. The second kappa shape index (κ2) is 10.1. The second-order valence-electron chi connectivity index (χ2n) is 7.73. The SMILES string of the molecule is CN(CCC(F)(F)F)C(=O)C1CN(Cc2ccc(OCc3cc(Cl)cc(Cl)c3)cc2)C1. The lowest BCUT2D eigenvalue weighted by Gasteiger charge is -2.40. The third-order valence-corrected chi connectivity index (χ3v) is 5.51. The van der Waals surface area contributed by atoms with Gasteiger partial charge < -0.3 is 9.64 Å².